The molecule has 3 atom stereocenters. The van der Waals surface area contributed by atoms with Crippen LogP contribution in [0, 0.1) is 17.3 Å². The first-order valence-electron chi connectivity index (χ1n) is 7.77. The van der Waals surface area contributed by atoms with Crippen LogP contribution in [0.5, 0.6) is 0 Å². The Morgan fingerprint density at radius 3 is 2.30 bits per heavy atom. The lowest BCUT2D eigenvalue weighted by atomic mass is 10.1. The van der Waals surface area contributed by atoms with Crippen LogP contribution in [-0.4, -0.2) is 12.1 Å². The Bertz CT molecular complexity index is 411. The van der Waals surface area contributed by atoms with Crippen LogP contribution in [0.4, 0.5) is 0 Å². The van der Waals surface area contributed by atoms with Crippen molar-refractivity contribution < 1.29 is 9.53 Å². The van der Waals surface area contributed by atoms with E-state index < -0.39 is 0 Å². The molecule has 0 heterocycles. The number of hydrogen-bond acceptors (Lipinski definition) is 2. The summed E-state index contributed by atoms with van der Waals surface area (Å²) >= 11 is 0. The van der Waals surface area contributed by atoms with Crippen molar-refractivity contribution in [3.8, 4) is 0 Å². The van der Waals surface area contributed by atoms with E-state index in [2.05, 4.69) is 60.6 Å². The number of allylic oxidation sites excluding steroid dienone is 3. The Kier molecular flexibility index (Phi) is 5.61. The van der Waals surface area contributed by atoms with Gasteiger partial charge in [-0.1, -0.05) is 45.4 Å². The highest BCUT2D eigenvalue weighted by Gasteiger charge is 2.61. The lowest BCUT2D eigenvalue weighted by Gasteiger charge is -2.17. The van der Waals surface area contributed by atoms with Crippen molar-refractivity contribution in [2.24, 2.45) is 17.3 Å². The Balaban J connectivity index is 2.72. The first-order valence-corrected chi connectivity index (χ1v) is 7.77. The number of ether oxygens (including phenoxy) is 1. The molecule has 0 spiro atoms. The van der Waals surface area contributed by atoms with Gasteiger partial charge in [-0.2, -0.15) is 0 Å². The number of carbonyl (C=O) groups is 1. The summed E-state index contributed by atoms with van der Waals surface area (Å²) in [5.41, 5.74) is 2.47. The number of esters is 1. The lowest BCUT2D eigenvalue weighted by Crippen LogP contribution is -2.21. The molecule has 0 aliphatic heterocycles. The van der Waals surface area contributed by atoms with Gasteiger partial charge in [0.1, 0.15) is 6.10 Å². The molecule has 1 fully saturated rings. The molecule has 20 heavy (non-hydrogen) atoms. The second kappa shape index (κ2) is 6.60. The topological polar surface area (TPSA) is 26.3 Å². The highest BCUT2D eigenvalue weighted by atomic mass is 16.5. The normalized spacial score (nSPS) is 25.9. The van der Waals surface area contributed by atoms with Crippen molar-refractivity contribution in [3.63, 3.8) is 0 Å². The zero-order valence-electron chi connectivity index (χ0n) is 14.1. The van der Waals surface area contributed by atoms with Crippen LogP contribution >= 0.6 is 0 Å². The van der Waals surface area contributed by atoms with Crippen molar-refractivity contribution in [3.05, 3.63) is 23.3 Å². The number of carbonyl (C=O) groups excluding carboxylic acids is 1. The molecule has 1 saturated carbocycles. The summed E-state index contributed by atoms with van der Waals surface area (Å²) in [5, 5.41) is 0. The van der Waals surface area contributed by atoms with E-state index in [9.17, 15) is 4.79 Å². The van der Waals surface area contributed by atoms with Gasteiger partial charge in [0.15, 0.2) is 0 Å². The van der Waals surface area contributed by atoms with E-state index in [0.717, 1.165) is 12.8 Å². The van der Waals surface area contributed by atoms with Gasteiger partial charge in [0, 0.05) is 0 Å². The van der Waals surface area contributed by atoms with E-state index >= 15 is 0 Å². The SMILES string of the molecule is CCC=C(C)C(CC)OC(=O)C1C(C=C(C)C)C1(C)C. The first kappa shape index (κ1) is 17.0. The van der Waals surface area contributed by atoms with Crippen molar-refractivity contribution in [1.29, 1.82) is 0 Å². The molecule has 0 saturated heterocycles. The molecule has 0 radical (unpaired) electrons. The Morgan fingerprint density at radius 2 is 1.85 bits per heavy atom. The zero-order valence-corrected chi connectivity index (χ0v) is 14.1. The van der Waals surface area contributed by atoms with Gasteiger partial charge in [-0.05, 0) is 50.5 Å². The van der Waals surface area contributed by atoms with Gasteiger partial charge >= 0.3 is 5.97 Å². The molecule has 2 heteroatoms. The molecule has 1 rings (SSSR count). The molecule has 0 bridgehead atoms. The fraction of sp³-hybridized carbons (Fsp3) is 0.722. The molecule has 2 nitrogen and oxygen atoms in total. The molecule has 3 unspecified atom stereocenters. The quantitative estimate of drug-likeness (QED) is 0.510. The summed E-state index contributed by atoms with van der Waals surface area (Å²) in [6, 6.07) is 0. The Morgan fingerprint density at radius 1 is 1.25 bits per heavy atom. The van der Waals surface area contributed by atoms with Gasteiger partial charge in [0.05, 0.1) is 5.92 Å². The highest BCUT2D eigenvalue weighted by Crippen LogP contribution is 2.60. The van der Waals surface area contributed by atoms with Crippen LogP contribution in [0.2, 0.25) is 0 Å². The summed E-state index contributed by atoms with van der Waals surface area (Å²) in [4.78, 5) is 12.4. The van der Waals surface area contributed by atoms with Crippen LogP contribution in [0.1, 0.15) is 61.3 Å². The molecule has 0 amide bonds. The van der Waals surface area contributed by atoms with Gasteiger partial charge in [0.2, 0.25) is 0 Å². The second-order valence-corrected chi connectivity index (χ2v) is 6.76. The average molecular weight is 278 g/mol. The maximum Gasteiger partial charge on any atom is 0.310 e. The van der Waals surface area contributed by atoms with E-state index in [-0.39, 0.29) is 23.4 Å². The minimum atomic E-state index is -0.0637. The first-order chi connectivity index (χ1) is 9.25. The molecule has 0 aromatic rings. The molecule has 114 valence electrons. The molecule has 1 aliphatic rings. The fourth-order valence-corrected chi connectivity index (χ4v) is 2.96. The second-order valence-electron chi connectivity index (χ2n) is 6.76. The standard InChI is InChI=1S/C18H30O2/c1-8-10-13(5)15(9-2)20-17(19)16-14(11-12(3)4)18(16,6)7/h10-11,14-16H,8-9H2,1-7H3. The van der Waals surface area contributed by atoms with Crippen molar-refractivity contribution >= 4 is 5.97 Å². The van der Waals surface area contributed by atoms with E-state index in [0.29, 0.717) is 5.92 Å². The maximum absolute atomic E-state index is 12.4. The predicted molar refractivity (Wildman–Crippen MR) is 84.4 cm³/mol. The van der Waals surface area contributed by atoms with Gasteiger partial charge in [-0.15, -0.1) is 0 Å². The summed E-state index contributed by atoms with van der Waals surface area (Å²) in [6.45, 7) is 14.7. The molecule has 0 N–H and O–H groups in total. The predicted octanol–water partition coefficient (Wildman–Crippen LogP) is 4.90. The van der Waals surface area contributed by atoms with Crippen molar-refractivity contribution in [2.75, 3.05) is 0 Å². The highest BCUT2D eigenvalue weighted by molar-refractivity contribution is 5.78. The van der Waals surface area contributed by atoms with Crippen LogP contribution < -0.4 is 0 Å². The minimum absolute atomic E-state index is 0.0147. The largest absolute Gasteiger partial charge is 0.458 e. The molecular formula is C18H30O2. The third-order valence-electron chi connectivity index (χ3n) is 4.34. The van der Waals surface area contributed by atoms with Crippen molar-refractivity contribution in [2.45, 2.75) is 67.4 Å². The van der Waals surface area contributed by atoms with E-state index in [1.165, 1.54) is 11.1 Å². The average Bonchev–Trinajstić information content (AvgIpc) is 2.86. The van der Waals surface area contributed by atoms with Crippen LogP contribution in [-0.2, 0) is 9.53 Å². The van der Waals surface area contributed by atoms with E-state index in [4.69, 9.17) is 4.74 Å². The van der Waals surface area contributed by atoms with Crippen LogP contribution in [0.3, 0.4) is 0 Å². The molecule has 0 aromatic heterocycles. The maximum atomic E-state index is 12.4. The molecule has 0 aromatic carbocycles. The smallest absolute Gasteiger partial charge is 0.310 e. The molecule has 1 aliphatic carbocycles. The summed E-state index contributed by atoms with van der Waals surface area (Å²) in [6.07, 6.45) is 6.12. The third kappa shape index (κ3) is 3.74. The summed E-state index contributed by atoms with van der Waals surface area (Å²) < 4.78 is 5.75. The number of rotatable bonds is 6. The van der Waals surface area contributed by atoms with Gasteiger partial charge < -0.3 is 4.74 Å². The zero-order chi connectivity index (χ0) is 15.5. The van der Waals surface area contributed by atoms with Crippen LogP contribution in [0.15, 0.2) is 23.3 Å². The van der Waals surface area contributed by atoms with E-state index in [1.807, 2.05) is 0 Å². The van der Waals surface area contributed by atoms with Crippen molar-refractivity contribution in [1.82, 2.24) is 0 Å². The number of hydrogen-bond donors (Lipinski definition) is 0. The Labute approximate surface area is 124 Å². The van der Waals surface area contributed by atoms with Crippen LogP contribution in [0.25, 0.3) is 0 Å². The van der Waals surface area contributed by atoms with E-state index in [1.54, 1.807) is 0 Å². The third-order valence-corrected chi connectivity index (χ3v) is 4.34. The Hall–Kier alpha value is -1.05. The fourth-order valence-electron chi connectivity index (χ4n) is 2.96. The van der Waals surface area contributed by atoms with Gasteiger partial charge in [0.25, 0.3) is 0 Å². The lowest BCUT2D eigenvalue weighted by molar-refractivity contribution is -0.150. The molecular weight excluding hydrogens is 248 g/mol. The monoisotopic (exact) mass is 278 g/mol. The minimum Gasteiger partial charge on any atom is -0.458 e. The van der Waals surface area contributed by atoms with Gasteiger partial charge in [-0.25, -0.2) is 0 Å². The summed E-state index contributed by atoms with van der Waals surface area (Å²) in [7, 11) is 0. The van der Waals surface area contributed by atoms with Gasteiger partial charge in [-0.3, -0.25) is 4.79 Å². The summed E-state index contributed by atoms with van der Waals surface area (Å²) in [5.74, 6) is 0.307.